The van der Waals surface area contributed by atoms with Crippen molar-refractivity contribution in [1.82, 2.24) is 5.32 Å². The lowest BCUT2D eigenvalue weighted by Gasteiger charge is -2.21. The highest BCUT2D eigenvalue weighted by molar-refractivity contribution is 5.69. The molecule has 1 amide bonds. The van der Waals surface area contributed by atoms with Crippen LogP contribution >= 0.6 is 0 Å². The molecule has 21 heavy (non-hydrogen) atoms. The van der Waals surface area contributed by atoms with Crippen LogP contribution in [-0.4, -0.2) is 34.4 Å². The molecule has 0 saturated carbocycles. The summed E-state index contributed by atoms with van der Waals surface area (Å²) < 4.78 is 5.11. The fourth-order valence-electron chi connectivity index (χ4n) is 1.82. The first-order valence-electron chi connectivity index (χ1n) is 6.65. The van der Waals surface area contributed by atoms with Crippen molar-refractivity contribution in [2.24, 2.45) is 0 Å². The van der Waals surface area contributed by atoms with Crippen LogP contribution in [0.5, 0.6) is 5.75 Å². The minimum atomic E-state index is -0.977. The molecule has 116 valence electrons. The zero-order valence-electron chi connectivity index (χ0n) is 12.4. The van der Waals surface area contributed by atoms with Crippen molar-refractivity contribution in [2.75, 3.05) is 6.54 Å². The quantitative estimate of drug-likeness (QED) is 0.775. The smallest absolute Gasteiger partial charge is 0.407 e. The molecule has 0 spiro atoms. The van der Waals surface area contributed by atoms with E-state index in [0.29, 0.717) is 5.56 Å². The molecule has 0 aliphatic rings. The van der Waals surface area contributed by atoms with Gasteiger partial charge in [-0.05, 0) is 38.5 Å². The Bertz CT molecular complexity index is 507. The summed E-state index contributed by atoms with van der Waals surface area (Å²) in [6, 6.07) is 6.34. The molecule has 6 nitrogen and oxygen atoms in total. The van der Waals surface area contributed by atoms with Crippen LogP contribution in [0, 0.1) is 0 Å². The second-order valence-electron chi connectivity index (χ2n) is 5.77. The third-order valence-corrected chi connectivity index (χ3v) is 2.65. The van der Waals surface area contributed by atoms with Crippen molar-refractivity contribution in [3.8, 4) is 5.75 Å². The van der Waals surface area contributed by atoms with Crippen LogP contribution in [0.2, 0.25) is 0 Å². The number of carboxylic acids is 1. The molecular weight excluding hydrogens is 274 g/mol. The van der Waals surface area contributed by atoms with Gasteiger partial charge in [-0.2, -0.15) is 0 Å². The molecule has 0 heterocycles. The van der Waals surface area contributed by atoms with E-state index in [2.05, 4.69) is 5.32 Å². The van der Waals surface area contributed by atoms with E-state index in [-0.39, 0.29) is 18.7 Å². The number of hydrogen-bond acceptors (Lipinski definition) is 4. The lowest BCUT2D eigenvalue weighted by atomic mass is 9.95. The number of benzene rings is 1. The van der Waals surface area contributed by atoms with Gasteiger partial charge in [0.1, 0.15) is 11.4 Å². The summed E-state index contributed by atoms with van der Waals surface area (Å²) >= 11 is 0. The molecule has 3 N–H and O–H groups in total. The van der Waals surface area contributed by atoms with Crippen LogP contribution in [0.1, 0.15) is 38.7 Å². The Kier molecular flexibility index (Phi) is 5.58. The average Bonchev–Trinajstić information content (AvgIpc) is 2.31. The minimum absolute atomic E-state index is 0.0557. The highest BCUT2D eigenvalue weighted by Crippen LogP contribution is 2.22. The molecule has 6 heteroatoms. The minimum Gasteiger partial charge on any atom is -0.508 e. The zero-order valence-corrected chi connectivity index (χ0v) is 12.4. The van der Waals surface area contributed by atoms with E-state index in [1.165, 1.54) is 12.1 Å². The van der Waals surface area contributed by atoms with Gasteiger partial charge in [-0.15, -0.1) is 0 Å². The molecule has 0 aliphatic carbocycles. The molecule has 1 unspecified atom stereocenters. The van der Waals surface area contributed by atoms with Crippen molar-refractivity contribution in [1.29, 1.82) is 0 Å². The van der Waals surface area contributed by atoms with Gasteiger partial charge in [-0.3, -0.25) is 4.79 Å². The Morgan fingerprint density at radius 2 is 2.00 bits per heavy atom. The summed E-state index contributed by atoms with van der Waals surface area (Å²) in [5.41, 5.74) is 0.0330. The number of carboxylic acid groups (broad SMARTS) is 1. The summed E-state index contributed by atoms with van der Waals surface area (Å²) in [5, 5.41) is 21.0. The number of alkyl carbamates (subject to hydrolysis) is 1. The first-order chi connectivity index (χ1) is 9.67. The van der Waals surface area contributed by atoms with Gasteiger partial charge >= 0.3 is 12.1 Å². The van der Waals surface area contributed by atoms with Crippen LogP contribution < -0.4 is 5.32 Å². The van der Waals surface area contributed by atoms with E-state index < -0.39 is 23.6 Å². The lowest BCUT2D eigenvalue weighted by Crippen LogP contribution is -2.35. The van der Waals surface area contributed by atoms with E-state index in [1.807, 2.05) is 0 Å². The van der Waals surface area contributed by atoms with Gasteiger partial charge in [-0.25, -0.2) is 4.79 Å². The molecule has 1 rings (SSSR count). The first kappa shape index (κ1) is 16.8. The Morgan fingerprint density at radius 1 is 1.33 bits per heavy atom. The average molecular weight is 295 g/mol. The van der Waals surface area contributed by atoms with Gasteiger partial charge in [-0.1, -0.05) is 12.1 Å². The molecule has 0 saturated heterocycles. The summed E-state index contributed by atoms with van der Waals surface area (Å²) in [5.74, 6) is -1.36. The number of carbonyl (C=O) groups excluding carboxylic acids is 1. The van der Waals surface area contributed by atoms with Crippen molar-refractivity contribution in [3.63, 3.8) is 0 Å². The molecular formula is C15H21NO5. The maximum Gasteiger partial charge on any atom is 0.407 e. The molecule has 0 radical (unpaired) electrons. The second kappa shape index (κ2) is 6.97. The highest BCUT2D eigenvalue weighted by atomic mass is 16.6. The van der Waals surface area contributed by atoms with Crippen LogP contribution in [-0.2, 0) is 9.53 Å². The number of carbonyl (C=O) groups is 2. The number of hydrogen-bond donors (Lipinski definition) is 3. The number of phenols is 1. The Labute approximate surface area is 123 Å². The fraction of sp³-hybridized carbons (Fsp3) is 0.467. The van der Waals surface area contributed by atoms with Crippen LogP contribution in [0.4, 0.5) is 4.79 Å². The number of ether oxygens (including phenoxy) is 1. The summed E-state index contributed by atoms with van der Waals surface area (Å²) in [6.07, 6.45) is -0.753. The van der Waals surface area contributed by atoms with Gasteiger partial charge in [0.15, 0.2) is 0 Å². The Morgan fingerprint density at radius 3 is 2.52 bits per heavy atom. The molecule has 0 aromatic heterocycles. The van der Waals surface area contributed by atoms with Crippen LogP contribution in [0.15, 0.2) is 24.3 Å². The van der Waals surface area contributed by atoms with Gasteiger partial charge < -0.3 is 20.3 Å². The van der Waals surface area contributed by atoms with Gasteiger partial charge in [0.05, 0.1) is 6.42 Å². The molecule has 0 fully saturated rings. The zero-order chi connectivity index (χ0) is 16.0. The highest BCUT2D eigenvalue weighted by Gasteiger charge is 2.20. The normalized spacial score (nSPS) is 12.5. The molecule has 1 aromatic carbocycles. The van der Waals surface area contributed by atoms with E-state index in [0.717, 1.165) is 0 Å². The van der Waals surface area contributed by atoms with Crippen molar-refractivity contribution in [2.45, 2.75) is 38.7 Å². The third kappa shape index (κ3) is 6.65. The number of nitrogens with one attached hydrogen (secondary N) is 1. The molecule has 1 aromatic rings. The van der Waals surface area contributed by atoms with Gasteiger partial charge in [0.2, 0.25) is 0 Å². The summed E-state index contributed by atoms with van der Waals surface area (Å²) in [4.78, 5) is 22.6. The van der Waals surface area contributed by atoms with E-state index in [9.17, 15) is 14.7 Å². The van der Waals surface area contributed by atoms with Gasteiger partial charge in [0.25, 0.3) is 0 Å². The number of phenolic OH excluding ortho intramolecular Hbond substituents is 1. The van der Waals surface area contributed by atoms with E-state index >= 15 is 0 Å². The number of amides is 1. The van der Waals surface area contributed by atoms with Crippen molar-refractivity contribution >= 4 is 12.1 Å². The maximum atomic E-state index is 11.6. The number of rotatable bonds is 5. The summed E-state index contributed by atoms with van der Waals surface area (Å²) in [6.45, 7) is 5.36. The Hall–Kier alpha value is -2.24. The Balaban J connectivity index is 2.71. The largest absolute Gasteiger partial charge is 0.508 e. The van der Waals surface area contributed by atoms with Crippen molar-refractivity contribution < 1.29 is 24.5 Å². The molecule has 0 aliphatic heterocycles. The molecule has 1 atom stereocenters. The monoisotopic (exact) mass is 295 g/mol. The predicted octanol–water partition coefficient (Wildman–Crippen LogP) is 2.48. The van der Waals surface area contributed by atoms with Crippen molar-refractivity contribution in [3.05, 3.63) is 29.8 Å². The van der Waals surface area contributed by atoms with Gasteiger partial charge in [0, 0.05) is 12.5 Å². The number of aromatic hydroxyl groups is 1. The number of aliphatic carboxylic acids is 1. The maximum absolute atomic E-state index is 11.6. The second-order valence-corrected chi connectivity index (χ2v) is 5.77. The molecule has 0 bridgehead atoms. The van der Waals surface area contributed by atoms with E-state index in [1.54, 1.807) is 32.9 Å². The van der Waals surface area contributed by atoms with Crippen LogP contribution in [0.25, 0.3) is 0 Å². The SMILES string of the molecule is CC(C)(C)OC(=O)NCC(CC(=O)O)c1cccc(O)c1. The standard InChI is InChI=1S/C15H21NO5/c1-15(2,3)21-14(20)16-9-11(8-13(18)19)10-5-4-6-12(17)7-10/h4-7,11,17H,8-9H2,1-3H3,(H,16,20)(H,18,19). The topological polar surface area (TPSA) is 95.9 Å². The first-order valence-corrected chi connectivity index (χ1v) is 6.65. The van der Waals surface area contributed by atoms with E-state index in [4.69, 9.17) is 9.84 Å². The fourth-order valence-corrected chi connectivity index (χ4v) is 1.82. The lowest BCUT2D eigenvalue weighted by molar-refractivity contribution is -0.137. The summed E-state index contributed by atoms with van der Waals surface area (Å²) in [7, 11) is 0. The third-order valence-electron chi connectivity index (χ3n) is 2.65. The predicted molar refractivity (Wildman–Crippen MR) is 77.3 cm³/mol. The van der Waals surface area contributed by atoms with Crippen LogP contribution in [0.3, 0.4) is 0 Å².